The van der Waals surface area contributed by atoms with Crippen LogP contribution in [0.3, 0.4) is 0 Å². The Morgan fingerprint density at radius 1 is 1.19 bits per heavy atom. The lowest BCUT2D eigenvalue weighted by molar-refractivity contribution is 0.112. The van der Waals surface area contributed by atoms with E-state index in [0.29, 0.717) is 43.8 Å². The molecule has 0 spiro atoms. The van der Waals surface area contributed by atoms with Crippen LogP contribution in [-0.4, -0.2) is 29.7 Å². The molecule has 0 unspecified atom stereocenters. The summed E-state index contributed by atoms with van der Waals surface area (Å²) in [5, 5.41) is 21.2. The summed E-state index contributed by atoms with van der Waals surface area (Å²) in [5.41, 5.74) is 8.75. The van der Waals surface area contributed by atoms with E-state index in [1.807, 2.05) is 36.9 Å². The van der Waals surface area contributed by atoms with Gasteiger partial charge in [0.15, 0.2) is 12.0 Å². The quantitative estimate of drug-likeness (QED) is 0.689. The third-order valence-electron chi connectivity index (χ3n) is 4.66. The molecule has 6 heteroatoms. The normalized spacial score (nSPS) is 13.2. The van der Waals surface area contributed by atoms with Crippen LogP contribution in [0.4, 0.5) is 5.69 Å². The molecule has 0 fully saturated rings. The molecule has 3 rings (SSSR count). The van der Waals surface area contributed by atoms with Crippen molar-refractivity contribution >= 4 is 12.0 Å². The highest BCUT2D eigenvalue weighted by Gasteiger charge is 2.28. The van der Waals surface area contributed by atoms with Gasteiger partial charge in [0, 0.05) is 19.6 Å². The lowest BCUT2D eigenvalue weighted by Gasteiger charge is -2.24. The second kappa shape index (κ2) is 7.25. The van der Waals surface area contributed by atoms with Gasteiger partial charge in [-0.05, 0) is 40.8 Å². The molecule has 0 atom stereocenters. The molecule has 2 aromatic carbocycles. The molecule has 0 radical (unpaired) electrons. The Morgan fingerprint density at radius 2 is 1.92 bits per heavy atom. The molecule has 0 aliphatic carbocycles. The van der Waals surface area contributed by atoms with Gasteiger partial charge in [0.05, 0.1) is 5.56 Å². The summed E-state index contributed by atoms with van der Waals surface area (Å²) in [7, 11) is 0. The minimum Gasteiger partial charge on any atom is -0.505 e. The number of fused-ring (bicyclic) bond motifs is 1. The van der Waals surface area contributed by atoms with Crippen LogP contribution in [0.2, 0.25) is 0 Å². The number of aldehydes is 1. The molecule has 2 aromatic rings. The van der Waals surface area contributed by atoms with E-state index in [-0.39, 0.29) is 23.0 Å². The Kier molecular flexibility index (Phi) is 5.04. The largest absolute Gasteiger partial charge is 0.505 e. The van der Waals surface area contributed by atoms with Crippen molar-refractivity contribution in [2.24, 2.45) is 5.73 Å². The van der Waals surface area contributed by atoms with Crippen molar-refractivity contribution in [1.29, 1.82) is 0 Å². The van der Waals surface area contributed by atoms with Gasteiger partial charge in [0.25, 0.3) is 0 Å². The molecule has 26 heavy (non-hydrogen) atoms. The van der Waals surface area contributed by atoms with Gasteiger partial charge < -0.3 is 25.6 Å². The Bertz CT molecular complexity index is 833. The van der Waals surface area contributed by atoms with Crippen LogP contribution >= 0.6 is 0 Å². The number of hydrogen-bond donors (Lipinski definition) is 3. The number of phenolic OH excluding ortho intramolecular Hbond substituents is 2. The number of anilines is 1. The van der Waals surface area contributed by atoms with E-state index >= 15 is 0 Å². The zero-order valence-corrected chi connectivity index (χ0v) is 15.0. The van der Waals surface area contributed by atoms with Crippen molar-refractivity contribution in [2.45, 2.75) is 32.9 Å². The second-order valence-electron chi connectivity index (χ2n) is 6.80. The fourth-order valence-electron chi connectivity index (χ4n) is 3.31. The molecular weight excluding hydrogens is 332 g/mol. The molecular formula is C20H24N2O4. The van der Waals surface area contributed by atoms with E-state index in [2.05, 4.69) is 0 Å². The summed E-state index contributed by atoms with van der Waals surface area (Å²) in [5.74, 6) is 0.605. The molecule has 1 heterocycles. The first kappa shape index (κ1) is 18.1. The molecule has 6 nitrogen and oxygen atoms in total. The van der Waals surface area contributed by atoms with Gasteiger partial charge in [-0.15, -0.1) is 0 Å². The van der Waals surface area contributed by atoms with Crippen molar-refractivity contribution < 1.29 is 19.7 Å². The molecule has 138 valence electrons. The number of nitrogens with two attached hydrogens (primary N) is 1. The van der Waals surface area contributed by atoms with E-state index in [9.17, 15) is 15.0 Å². The van der Waals surface area contributed by atoms with Crippen molar-refractivity contribution in [2.75, 3.05) is 18.1 Å². The molecule has 0 amide bonds. The van der Waals surface area contributed by atoms with Crippen LogP contribution < -0.4 is 15.4 Å². The van der Waals surface area contributed by atoms with Gasteiger partial charge in [-0.1, -0.05) is 19.9 Å². The zero-order chi connectivity index (χ0) is 18.8. The van der Waals surface area contributed by atoms with Crippen molar-refractivity contribution in [3.8, 4) is 17.2 Å². The van der Waals surface area contributed by atoms with Crippen molar-refractivity contribution in [3.63, 3.8) is 0 Å². The number of aromatic hydroxyl groups is 2. The molecule has 0 aromatic heterocycles. The average Bonchev–Trinajstić information content (AvgIpc) is 3.02. The van der Waals surface area contributed by atoms with Gasteiger partial charge in [-0.25, -0.2) is 0 Å². The molecule has 0 saturated heterocycles. The standard InChI is InChI=1S/C20H24N2O4/c1-12(2)17-8-15(11-23)19(24)18(20(17)25)22-9-13-3-4-16(26-6-5-21)7-14(13)10-22/h3-4,7-8,11-12,24-25H,5-6,9-10,21H2,1-2H3. The fourth-order valence-corrected chi connectivity index (χ4v) is 3.31. The summed E-state index contributed by atoms with van der Waals surface area (Å²) >= 11 is 0. The molecule has 1 aliphatic heterocycles. The van der Waals surface area contributed by atoms with Gasteiger partial charge in [-0.2, -0.15) is 0 Å². The van der Waals surface area contributed by atoms with E-state index in [1.54, 1.807) is 6.07 Å². The second-order valence-corrected chi connectivity index (χ2v) is 6.80. The Labute approximate surface area is 152 Å². The van der Waals surface area contributed by atoms with Crippen molar-refractivity contribution in [1.82, 2.24) is 0 Å². The van der Waals surface area contributed by atoms with Gasteiger partial charge in [-0.3, -0.25) is 4.79 Å². The maximum absolute atomic E-state index is 11.4. The maximum atomic E-state index is 11.4. The monoisotopic (exact) mass is 356 g/mol. The maximum Gasteiger partial charge on any atom is 0.153 e. The number of carbonyl (C=O) groups excluding carboxylic acids is 1. The minimum absolute atomic E-state index is 0.0225. The van der Waals surface area contributed by atoms with E-state index in [4.69, 9.17) is 10.5 Å². The smallest absolute Gasteiger partial charge is 0.153 e. The highest BCUT2D eigenvalue weighted by Crippen LogP contribution is 2.46. The van der Waals surface area contributed by atoms with E-state index in [1.165, 1.54) is 0 Å². The molecule has 0 bridgehead atoms. The van der Waals surface area contributed by atoms with E-state index < -0.39 is 0 Å². The van der Waals surface area contributed by atoms with Crippen LogP contribution in [0.1, 0.15) is 46.8 Å². The van der Waals surface area contributed by atoms with Crippen LogP contribution in [0, 0.1) is 0 Å². The molecule has 0 saturated carbocycles. The Balaban J connectivity index is 1.97. The number of carbonyl (C=O) groups is 1. The molecule has 1 aliphatic rings. The topological polar surface area (TPSA) is 96.0 Å². The molecule has 4 N–H and O–H groups in total. The third kappa shape index (κ3) is 3.20. The van der Waals surface area contributed by atoms with Crippen LogP contribution in [0.15, 0.2) is 24.3 Å². The Morgan fingerprint density at radius 3 is 2.58 bits per heavy atom. The summed E-state index contributed by atoms with van der Waals surface area (Å²) < 4.78 is 5.57. The summed E-state index contributed by atoms with van der Waals surface area (Å²) in [4.78, 5) is 13.2. The number of rotatable bonds is 6. The van der Waals surface area contributed by atoms with Crippen molar-refractivity contribution in [3.05, 3.63) is 46.5 Å². The van der Waals surface area contributed by atoms with Crippen LogP contribution in [0.25, 0.3) is 0 Å². The zero-order valence-electron chi connectivity index (χ0n) is 15.0. The number of nitrogens with zero attached hydrogens (tertiary/aromatic N) is 1. The predicted octanol–water partition coefficient (Wildman–Crippen LogP) is 2.89. The fraction of sp³-hybridized carbons (Fsp3) is 0.350. The lowest BCUT2D eigenvalue weighted by atomic mass is 9.97. The Hall–Kier alpha value is -2.73. The van der Waals surface area contributed by atoms with E-state index in [0.717, 1.165) is 16.9 Å². The first-order valence-electron chi connectivity index (χ1n) is 8.69. The highest BCUT2D eigenvalue weighted by atomic mass is 16.5. The van der Waals surface area contributed by atoms with Gasteiger partial charge in [0.2, 0.25) is 0 Å². The first-order chi connectivity index (χ1) is 12.5. The SMILES string of the molecule is CC(C)c1cc(C=O)c(O)c(N2Cc3ccc(OCCN)cc3C2)c1O. The number of benzene rings is 2. The highest BCUT2D eigenvalue weighted by molar-refractivity contribution is 5.87. The number of hydrogen-bond acceptors (Lipinski definition) is 6. The van der Waals surface area contributed by atoms with Gasteiger partial charge in [0.1, 0.15) is 23.8 Å². The summed E-state index contributed by atoms with van der Waals surface area (Å²) in [6.45, 7) is 5.81. The number of ether oxygens (including phenoxy) is 1. The van der Waals surface area contributed by atoms with Crippen LogP contribution in [-0.2, 0) is 13.1 Å². The lowest BCUT2D eigenvalue weighted by Crippen LogP contribution is -2.16. The van der Waals surface area contributed by atoms with Gasteiger partial charge >= 0.3 is 0 Å². The van der Waals surface area contributed by atoms with Crippen LogP contribution in [0.5, 0.6) is 17.2 Å². The first-order valence-corrected chi connectivity index (χ1v) is 8.69. The minimum atomic E-state index is -0.186. The summed E-state index contributed by atoms with van der Waals surface area (Å²) in [6.07, 6.45) is 0.617. The average molecular weight is 356 g/mol. The predicted molar refractivity (Wildman–Crippen MR) is 100 cm³/mol. The third-order valence-corrected chi connectivity index (χ3v) is 4.66. The summed E-state index contributed by atoms with van der Waals surface area (Å²) in [6, 6.07) is 7.36. The number of phenols is 2.